The number of halogens is 1. The molecular formula is C18H17FN4O2. The lowest BCUT2D eigenvalue weighted by atomic mass is 10.1. The van der Waals surface area contributed by atoms with Crippen molar-refractivity contribution in [3.8, 4) is 11.4 Å². The number of carbonyl (C=O) groups is 1. The summed E-state index contributed by atoms with van der Waals surface area (Å²) < 4.78 is 18.8. The van der Waals surface area contributed by atoms with Gasteiger partial charge in [-0.1, -0.05) is 23.4 Å². The van der Waals surface area contributed by atoms with Gasteiger partial charge in [-0.2, -0.15) is 4.98 Å². The summed E-state index contributed by atoms with van der Waals surface area (Å²) in [5.41, 5.74) is 8.39. The molecule has 0 unspecified atom stereocenters. The van der Waals surface area contributed by atoms with Crippen LogP contribution in [0.5, 0.6) is 0 Å². The Bertz CT molecular complexity index is 937. The van der Waals surface area contributed by atoms with Crippen LogP contribution in [0.25, 0.3) is 11.4 Å². The molecule has 0 aliphatic rings. The topological polar surface area (TPSA) is 94.0 Å². The van der Waals surface area contributed by atoms with Crippen molar-refractivity contribution in [1.29, 1.82) is 0 Å². The maximum absolute atomic E-state index is 13.7. The predicted molar refractivity (Wildman–Crippen MR) is 91.5 cm³/mol. The summed E-state index contributed by atoms with van der Waals surface area (Å²) in [5.74, 6) is -0.137. The quantitative estimate of drug-likeness (QED) is 0.744. The zero-order valence-electron chi connectivity index (χ0n) is 13.8. The average molecular weight is 340 g/mol. The normalized spacial score (nSPS) is 10.7. The van der Waals surface area contributed by atoms with E-state index >= 15 is 0 Å². The Morgan fingerprint density at radius 1 is 1.28 bits per heavy atom. The second kappa shape index (κ2) is 6.72. The third-order valence-electron chi connectivity index (χ3n) is 3.93. The molecule has 0 saturated carbocycles. The van der Waals surface area contributed by atoms with Crippen molar-refractivity contribution in [3.05, 3.63) is 64.8 Å². The molecular weight excluding hydrogens is 323 g/mol. The second-order valence-electron chi connectivity index (χ2n) is 5.67. The molecule has 0 saturated heterocycles. The van der Waals surface area contributed by atoms with Gasteiger partial charge in [0.2, 0.25) is 17.6 Å². The maximum atomic E-state index is 13.7. The van der Waals surface area contributed by atoms with E-state index in [4.69, 9.17) is 10.3 Å². The number of anilines is 1. The van der Waals surface area contributed by atoms with Crippen LogP contribution in [0.15, 0.2) is 40.9 Å². The van der Waals surface area contributed by atoms with Crippen molar-refractivity contribution < 1.29 is 13.7 Å². The molecule has 0 spiro atoms. The first-order valence-electron chi connectivity index (χ1n) is 7.68. The summed E-state index contributed by atoms with van der Waals surface area (Å²) in [5, 5.41) is 7.00. The molecule has 1 heterocycles. The first-order valence-corrected chi connectivity index (χ1v) is 7.68. The fraction of sp³-hybridized carbons (Fsp3) is 0.167. The van der Waals surface area contributed by atoms with E-state index in [2.05, 4.69) is 15.5 Å². The number of nitrogens with zero attached hydrogens (tertiary/aromatic N) is 2. The molecule has 0 atom stereocenters. The Kier molecular flexibility index (Phi) is 4.47. The molecule has 7 heteroatoms. The van der Waals surface area contributed by atoms with Gasteiger partial charge in [-0.15, -0.1) is 0 Å². The molecule has 3 aromatic rings. The van der Waals surface area contributed by atoms with Gasteiger partial charge in [-0.05, 0) is 43.2 Å². The van der Waals surface area contributed by atoms with Gasteiger partial charge in [-0.3, -0.25) is 4.79 Å². The van der Waals surface area contributed by atoms with Crippen LogP contribution in [0, 0.1) is 19.7 Å². The summed E-state index contributed by atoms with van der Waals surface area (Å²) in [6, 6.07) is 10.0. The van der Waals surface area contributed by atoms with E-state index in [-0.39, 0.29) is 12.4 Å². The summed E-state index contributed by atoms with van der Waals surface area (Å²) in [4.78, 5) is 15.6. The lowest BCUT2D eigenvalue weighted by Gasteiger charge is -2.09. The van der Waals surface area contributed by atoms with Crippen molar-refractivity contribution in [3.63, 3.8) is 0 Å². The molecule has 1 aromatic heterocycles. The van der Waals surface area contributed by atoms with Gasteiger partial charge in [0.05, 0.1) is 6.54 Å². The number of benzene rings is 2. The first-order chi connectivity index (χ1) is 12.0. The summed E-state index contributed by atoms with van der Waals surface area (Å²) in [7, 11) is 0. The molecule has 0 aliphatic heterocycles. The smallest absolute Gasteiger partial charge is 0.249 e. The van der Waals surface area contributed by atoms with Crippen LogP contribution in [0.2, 0.25) is 0 Å². The van der Waals surface area contributed by atoms with Gasteiger partial charge in [0.15, 0.2) is 0 Å². The minimum Gasteiger partial charge on any atom is -0.376 e. The van der Waals surface area contributed by atoms with E-state index in [0.29, 0.717) is 28.4 Å². The van der Waals surface area contributed by atoms with E-state index in [1.807, 2.05) is 6.07 Å². The van der Waals surface area contributed by atoms with E-state index in [9.17, 15) is 9.18 Å². The van der Waals surface area contributed by atoms with Crippen molar-refractivity contribution >= 4 is 11.6 Å². The Morgan fingerprint density at radius 2 is 2.08 bits per heavy atom. The van der Waals surface area contributed by atoms with E-state index in [0.717, 1.165) is 11.3 Å². The van der Waals surface area contributed by atoms with Gasteiger partial charge < -0.3 is 15.6 Å². The van der Waals surface area contributed by atoms with E-state index < -0.39 is 5.91 Å². The van der Waals surface area contributed by atoms with Crippen LogP contribution in [-0.2, 0) is 6.54 Å². The number of amides is 1. The van der Waals surface area contributed by atoms with Gasteiger partial charge in [0.25, 0.3) is 0 Å². The predicted octanol–water partition coefficient (Wildman–Crippen LogP) is 3.20. The lowest BCUT2D eigenvalue weighted by molar-refractivity contribution is 0.1000. The van der Waals surface area contributed by atoms with Crippen molar-refractivity contribution in [1.82, 2.24) is 10.1 Å². The average Bonchev–Trinajstić information content (AvgIpc) is 3.05. The van der Waals surface area contributed by atoms with Crippen LogP contribution in [-0.4, -0.2) is 16.0 Å². The Hall–Kier alpha value is -3.22. The molecule has 0 bridgehead atoms. The standard InChI is InChI=1S/C18H17FN4O2/c1-10-6-7-12(8-14(10)19)18-22-16(25-23-18)9-21-15-5-3-4-13(11(15)2)17(20)24/h3-8,21H,9H2,1-2H3,(H2,20,24). The van der Waals surface area contributed by atoms with Crippen LogP contribution in [0.1, 0.15) is 27.4 Å². The second-order valence-corrected chi connectivity index (χ2v) is 5.67. The van der Waals surface area contributed by atoms with Crippen LogP contribution in [0.4, 0.5) is 10.1 Å². The minimum absolute atomic E-state index is 0.268. The highest BCUT2D eigenvalue weighted by Crippen LogP contribution is 2.21. The number of aromatic nitrogens is 2. The van der Waals surface area contributed by atoms with Crippen molar-refractivity contribution in [2.24, 2.45) is 5.73 Å². The Morgan fingerprint density at radius 3 is 2.80 bits per heavy atom. The highest BCUT2D eigenvalue weighted by Gasteiger charge is 2.12. The zero-order chi connectivity index (χ0) is 18.0. The third-order valence-corrected chi connectivity index (χ3v) is 3.93. The number of hydrogen-bond donors (Lipinski definition) is 2. The number of hydrogen-bond acceptors (Lipinski definition) is 5. The van der Waals surface area contributed by atoms with Crippen molar-refractivity contribution in [2.45, 2.75) is 20.4 Å². The molecule has 2 aromatic carbocycles. The highest BCUT2D eigenvalue weighted by molar-refractivity contribution is 5.95. The number of nitrogens with one attached hydrogen (secondary N) is 1. The summed E-state index contributed by atoms with van der Waals surface area (Å²) in [6.45, 7) is 3.76. The number of primary amides is 1. The van der Waals surface area contributed by atoms with E-state index in [1.165, 1.54) is 6.07 Å². The Labute approximate surface area is 143 Å². The van der Waals surface area contributed by atoms with Crippen molar-refractivity contribution in [2.75, 3.05) is 5.32 Å². The summed E-state index contributed by atoms with van der Waals surface area (Å²) in [6.07, 6.45) is 0. The number of carbonyl (C=O) groups excluding carboxylic acids is 1. The SMILES string of the molecule is Cc1ccc(-c2noc(CNc3cccc(C(N)=O)c3C)n2)cc1F. The minimum atomic E-state index is -0.484. The molecule has 25 heavy (non-hydrogen) atoms. The zero-order valence-corrected chi connectivity index (χ0v) is 13.8. The molecule has 3 rings (SSSR count). The largest absolute Gasteiger partial charge is 0.376 e. The number of aryl methyl sites for hydroxylation is 1. The number of rotatable bonds is 5. The highest BCUT2D eigenvalue weighted by atomic mass is 19.1. The molecule has 128 valence electrons. The van der Waals surface area contributed by atoms with Gasteiger partial charge in [-0.25, -0.2) is 4.39 Å². The first kappa shape index (κ1) is 16.6. The van der Waals surface area contributed by atoms with Gasteiger partial charge in [0.1, 0.15) is 5.82 Å². The fourth-order valence-electron chi connectivity index (χ4n) is 2.44. The summed E-state index contributed by atoms with van der Waals surface area (Å²) >= 11 is 0. The maximum Gasteiger partial charge on any atom is 0.249 e. The Balaban J connectivity index is 1.75. The number of nitrogens with two attached hydrogens (primary N) is 1. The monoisotopic (exact) mass is 340 g/mol. The molecule has 0 radical (unpaired) electrons. The van der Waals surface area contributed by atoms with Gasteiger partial charge in [0, 0.05) is 16.8 Å². The van der Waals surface area contributed by atoms with Gasteiger partial charge >= 0.3 is 0 Å². The molecule has 3 N–H and O–H groups in total. The third kappa shape index (κ3) is 3.50. The van der Waals surface area contributed by atoms with Crippen LogP contribution >= 0.6 is 0 Å². The molecule has 0 fully saturated rings. The fourth-order valence-corrected chi connectivity index (χ4v) is 2.44. The van der Waals surface area contributed by atoms with Crippen LogP contribution < -0.4 is 11.1 Å². The van der Waals surface area contributed by atoms with Crippen LogP contribution in [0.3, 0.4) is 0 Å². The molecule has 1 amide bonds. The van der Waals surface area contributed by atoms with E-state index in [1.54, 1.807) is 38.1 Å². The molecule has 6 nitrogen and oxygen atoms in total. The molecule has 0 aliphatic carbocycles. The lowest BCUT2D eigenvalue weighted by Crippen LogP contribution is -2.14.